The molecule has 2 heterocycles. The lowest BCUT2D eigenvalue weighted by molar-refractivity contribution is -0.144. The average molecular weight is 487 g/mol. The number of hydrogen-bond donors (Lipinski definition) is 2. The number of fused-ring (bicyclic) bond motifs is 1. The monoisotopic (exact) mass is 487 g/mol. The zero-order valence-corrected chi connectivity index (χ0v) is 17.0. The second-order valence-corrected chi connectivity index (χ2v) is 7.59. The predicted octanol–water partition coefficient (Wildman–Crippen LogP) is 2.18. The Morgan fingerprint density at radius 2 is 2.11 bits per heavy atom. The zero-order chi connectivity index (χ0) is 19.7. The minimum Gasteiger partial charge on any atom is -0.391 e. The zero-order valence-electron chi connectivity index (χ0n) is 14.8. The fourth-order valence-electron chi connectivity index (χ4n) is 2.82. The predicted molar refractivity (Wildman–Crippen MR) is 106 cm³/mol. The summed E-state index contributed by atoms with van der Waals surface area (Å²) in [4.78, 5) is 30.6. The summed E-state index contributed by atoms with van der Waals surface area (Å²) in [6, 6.07) is 6.04. The largest absolute Gasteiger partial charge is 0.391 e. The van der Waals surface area contributed by atoms with Crippen LogP contribution in [0.3, 0.4) is 0 Å². The fraction of sp³-hybridized carbons (Fsp3) is 0.333. The molecule has 1 aromatic heterocycles. The molecule has 1 aliphatic heterocycles. The van der Waals surface area contributed by atoms with Gasteiger partial charge in [0.2, 0.25) is 0 Å². The first-order chi connectivity index (χ1) is 12.8. The number of hydrogen-bond acceptors (Lipinski definition) is 5. The third-order valence-corrected chi connectivity index (χ3v) is 4.87. The number of amides is 1. The van der Waals surface area contributed by atoms with Gasteiger partial charge in [-0.1, -0.05) is 0 Å². The first-order valence-electron chi connectivity index (χ1n) is 8.35. The molecule has 0 saturated carbocycles. The second kappa shape index (κ2) is 7.95. The van der Waals surface area contributed by atoms with Gasteiger partial charge in [-0.15, -0.1) is 0 Å². The lowest BCUT2D eigenvalue weighted by atomic mass is 10.0. The molecule has 1 amide bonds. The Hall–Kier alpha value is -1.98. The molecule has 1 atom stereocenters. The number of nitrogens with one attached hydrogen (secondary N) is 1. The number of pyridine rings is 1. The molecular weight excluding hydrogens is 468 g/mol. The van der Waals surface area contributed by atoms with Gasteiger partial charge in [0.1, 0.15) is 18.2 Å². The summed E-state index contributed by atoms with van der Waals surface area (Å²) >= 11 is 2.00. The van der Waals surface area contributed by atoms with E-state index >= 15 is 0 Å². The Bertz CT molecular complexity index is 945. The molecule has 0 bridgehead atoms. The summed E-state index contributed by atoms with van der Waals surface area (Å²) in [5, 5.41) is 13.4. The van der Waals surface area contributed by atoms with Gasteiger partial charge in [-0.2, -0.15) is 0 Å². The quantitative estimate of drug-likeness (QED) is 0.633. The molecular formula is C18H19FIN3O4. The van der Waals surface area contributed by atoms with Gasteiger partial charge in [-0.05, 0) is 59.7 Å². The molecule has 1 aromatic carbocycles. The van der Waals surface area contributed by atoms with Crippen molar-refractivity contribution in [3.05, 3.63) is 55.1 Å². The van der Waals surface area contributed by atoms with Gasteiger partial charge >= 0.3 is 0 Å². The van der Waals surface area contributed by atoms with Gasteiger partial charge in [0, 0.05) is 16.7 Å². The van der Waals surface area contributed by atoms with Crippen LogP contribution in [0.2, 0.25) is 0 Å². The maximum absolute atomic E-state index is 14.3. The summed E-state index contributed by atoms with van der Waals surface area (Å²) in [6.45, 7) is 1.79. The van der Waals surface area contributed by atoms with Crippen LogP contribution in [0.25, 0.3) is 0 Å². The maximum Gasteiger partial charge on any atom is 0.281 e. The first-order valence-corrected chi connectivity index (χ1v) is 9.43. The Labute approximate surface area is 168 Å². The van der Waals surface area contributed by atoms with Crippen LogP contribution < -0.4 is 10.9 Å². The van der Waals surface area contributed by atoms with E-state index in [1.54, 1.807) is 19.1 Å². The molecule has 27 heavy (non-hydrogen) atoms. The highest BCUT2D eigenvalue weighted by Gasteiger charge is 2.30. The van der Waals surface area contributed by atoms with Gasteiger partial charge in [-0.3, -0.25) is 19.0 Å². The Balaban J connectivity index is 2.03. The van der Waals surface area contributed by atoms with Crippen molar-refractivity contribution in [2.24, 2.45) is 7.05 Å². The maximum atomic E-state index is 14.3. The van der Waals surface area contributed by atoms with Crippen molar-refractivity contribution in [2.75, 3.05) is 18.5 Å². The van der Waals surface area contributed by atoms with Gasteiger partial charge in [0.15, 0.2) is 0 Å². The number of carbonyl (C=O) groups is 1. The Kier molecular flexibility index (Phi) is 5.82. The number of nitrogens with zero attached hydrogens (tertiary/aromatic N) is 2. The highest BCUT2D eigenvalue weighted by molar-refractivity contribution is 14.1. The van der Waals surface area contributed by atoms with Crippen molar-refractivity contribution < 1.29 is 19.1 Å². The van der Waals surface area contributed by atoms with Crippen molar-refractivity contribution >= 4 is 40.0 Å². The minimum absolute atomic E-state index is 0.0264. The van der Waals surface area contributed by atoms with Crippen molar-refractivity contribution in [2.45, 2.75) is 19.4 Å². The van der Waals surface area contributed by atoms with Crippen LogP contribution in [0.15, 0.2) is 29.1 Å². The summed E-state index contributed by atoms with van der Waals surface area (Å²) in [6.07, 6.45) is -0.307. The van der Waals surface area contributed by atoms with Crippen LogP contribution in [0.4, 0.5) is 15.9 Å². The van der Waals surface area contributed by atoms with E-state index in [0.29, 0.717) is 12.0 Å². The molecule has 2 aromatic rings. The summed E-state index contributed by atoms with van der Waals surface area (Å²) in [7, 11) is 1.51. The van der Waals surface area contributed by atoms with Crippen molar-refractivity contribution in [3.8, 4) is 0 Å². The fourth-order valence-corrected chi connectivity index (χ4v) is 3.27. The molecule has 9 heteroatoms. The van der Waals surface area contributed by atoms with E-state index in [-0.39, 0.29) is 35.8 Å². The van der Waals surface area contributed by atoms with Crippen LogP contribution in [0, 0.1) is 9.39 Å². The van der Waals surface area contributed by atoms with E-state index in [1.165, 1.54) is 23.7 Å². The first kappa shape index (κ1) is 19.8. The molecule has 0 saturated heterocycles. The number of aromatic nitrogens is 1. The van der Waals surface area contributed by atoms with Crippen LogP contribution in [0.5, 0.6) is 0 Å². The molecule has 144 valence electrons. The molecule has 1 aliphatic rings. The normalized spacial score (nSPS) is 14.9. The number of aliphatic hydroxyl groups is 1. The van der Waals surface area contributed by atoms with Crippen LogP contribution in [-0.2, 0) is 18.3 Å². The number of hydroxylamine groups is 2. The molecule has 1 unspecified atom stereocenters. The van der Waals surface area contributed by atoms with Gasteiger partial charge in [-0.25, -0.2) is 9.45 Å². The van der Waals surface area contributed by atoms with Crippen LogP contribution >= 0.6 is 22.6 Å². The molecule has 0 radical (unpaired) electrons. The smallest absolute Gasteiger partial charge is 0.281 e. The van der Waals surface area contributed by atoms with E-state index in [0.717, 1.165) is 8.63 Å². The van der Waals surface area contributed by atoms with Crippen LogP contribution in [0.1, 0.15) is 22.8 Å². The Morgan fingerprint density at radius 1 is 1.37 bits per heavy atom. The van der Waals surface area contributed by atoms with Gasteiger partial charge in [0.25, 0.3) is 11.5 Å². The van der Waals surface area contributed by atoms with E-state index in [2.05, 4.69) is 5.32 Å². The number of halogens is 2. The number of rotatable bonds is 5. The lowest BCUT2D eigenvalue weighted by Gasteiger charge is -2.30. The van der Waals surface area contributed by atoms with Crippen molar-refractivity contribution in [3.63, 3.8) is 0 Å². The van der Waals surface area contributed by atoms with E-state index in [1.807, 2.05) is 22.6 Å². The molecule has 0 spiro atoms. The molecule has 7 nitrogen and oxygen atoms in total. The number of benzene rings is 1. The molecule has 2 N–H and O–H groups in total. The summed E-state index contributed by atoms with van der Waals surface area (Å²) in [5.74, 6) is -0.730. The number of carbonyl (C=O) groups excluding carboxylic acids is 1. The third-order valence-electron chi connectivity index (χ3n) is 4.20. The summed E-state index contributed by atoms with van der Waals surface area (Å²) in [5.41, 5.74) is 0.697. The molecule has 0 fully saturated rings. The standard InChI is InChI=1S/C18H19FIN3O4/c1-10(24)9-27-23-6-5-11-7-15(25)22(2)17(16(11)18(23)26)21-14-4-3-12(20)8-13(14)19/h3-4,7-8,10,21,24H,5-6,9H2,1-2H3. The topological polar surface area (TPSA) is 83.8 Å². The third kappa shape index (κ3) is 4.14. The van der Waals surface area contributed by atoms with Crippen molar-refractivity contribution in [1.29, 1.82) is 0 Å². The number of aliphatic hydroxyl groups excluding tert-OH is 1. The highest BCUT2D eigenvalue weighted by Crippen LogP contribution is 2.29. The molecule has 0 aliphatic carbocycles. The van der Waals surface area contributed by atoms with Gasteiger partial charge < -0.3 is 10.4 Å². The SMILES string of the molecule is CC(O)CON1CCc2cc(=O)n(C)c(Nc3ccc(I)cc3F)c2C1=O. The van der Waals surface area contributed by atoms with Gasteiger partial charge in [0.05, 0.1) is 23.9 Å². The summed E-state index contributed by atoms with van der Waals surface area (Å²) < 4.78 is 16.3. The Morgan fingerprint density at radius 3 is 2.78 bits per heavy atom. The average Bonchev–Trinajstić information content (AvgIpc) is 2.60. The molecule has 3 rings (SSSR count). The highest BCUT2D eigenvalue weighted by atomic mass is 127. The van der Waals surface area contributed by atoms with E-state index < -0.39 is 17.8 Å². The van der Waals surface area contributed by atoms with E-state index in [9.17, 15) is 19.1 Å². The van der Waals surface area contributed by atoms with Crippen LogP contribution in [-0.4, -0.2) is 39.9 Å². The minimum atomic E-state index is -0.724. The van der Waals surface area contributed by atoms with Crippen molar-refractivity contribution in [1.82, 2.24) is 9.63 Å². The van der Waals surface area contributed by atoms with E-state index in [4.69, 9.17) is 4.84 Å². The lowest BCUT2D eigenvalue weighted by Crippen LogP contribution is -2.41. The number of anilines is 2. The second-order valence-electron chi connectivity index (χ2n) is 6.34.